The van der Waals surface area contributed by atoms with Gasteiger partial charge in [-0.3, -0.25) is 9.10 Å². The van der Waals surface area contributed by atoms with E-state index in [0.29, 0.717) is 12.2 Å². The standard InChI is InChI=1S/C13H17BrN2O3S/c1-4-7-15-13(17)9-16(20(3,18)19)12-6-5-11(14)8-10(12)2/h4-6,8H,1,7,9H2,2-3H3,(H,15,17). The van der Waals surface area contributed by atoms with Gasteiger partial charge in [-0.2, -0.15) is 0 Å². The number of benzene rings is 1. The zero-order valence-electron chi connectivity index (χ0n) is 11.4. The molecule has 110 valence electrons. The molecule has 0 heterocycles. The molecule has 1 N–H and O–H groups in total. The molecule has 7 heteroatoms. The fourth-order valence-electron chi connectivity index (χ4n) is 1.65. The third kappa shape index (κ3) is 4.64. The molecule has 0 saturated heterocycles. The average molecular weight is 361 g/mol. The molecule has 1 aromatic carbocycles. The van der Waals surface area contributed by atoms with Crippen molar-refractivity contribution in [3.8, 4) is 0 Å². The fraction of sp³-hybridized carbons (Fsp3) is 0.308. The first-order valence-corrected chi connectivity index (χ1v) is 8.51. The van der Waals surface area contributed by atoms with Crippen LogP contribution >= 0.6 is 15.9 Å². The number of aryl methyl sites for hydroxylation is 1. The van der Waals surface area contributed by atoms with Crippen molar-refractivity contribution in [2.24, 2.45) is 0 Å². The normalized spacial score (nSPS) is 10.9. The molecule has 1 aromatic rings. The second kappa shape index (κ2) is 6.90. The summed E-state index contributed by atoms with van der Waals surface area (Å²) in [6.07, 6.45) is 2.61. The minimum atomic E-state index is -3.54. The van der Waals surface area contributed by atoms with E-state index in [0.717, 1.165) is 20.6 Å². The number of halogens is 1. The van der Waals surface area contributed by atoms with Crippen LogP contribution in [0.4, 0.5) is 5.69 Å². The minimum absolute atomic E-state index is 0.255. The minimum Gasteiger partial charge on any atom is -0.351 e. The van der Waals surface area contributed by atoms with Crippen LogP contribution in [0, 0.1) is 6.92 Å². The van der Waals surface area contributed by atoms with Crippen LogP contribution in [0.2, 0.25) is 0 Å². The second-order valence-electron chi connectivity index (χ2n) is 4.29. The molecule has 1 amide bonds. The van der Waals surface area contributed by atoms with Crippen LogP contribution in [0.3, 0.4) is 0 Å². The molecule has 0 spiro atoms. The van der Waals surface area contributed by atoms with Gasteiger partial charge in [-0.1, -0.05) is 22.0 Å². The van der Waals surface area contributed by atoms with E-state index in [1.807, 2.05) is 0 Å². The monoisotopic (exact) mass is 360 g/mol. The van der Waals surface area contributed by atoms with Crippen molar-refractivity contribution in [1.82, 2.24) is 5.32 Å². The number of carbonyl (C=O) groups excluding carboxylic acids is 1. The zero-order chi connectivity index (χ0) is 15.3. The molecular weight excluding hydrogens is 344 g/mol. The predicted octanol–water partition coefficient (Wildman–Crippen LogP) is 1.83. The summed E-state index contributed by atoms with van der Waals surface area (Å²) in [7, 11) is -3.54. The first-order valence-electron chi connectivity index (χ1n) is 5.87. The van der Waals surface area contributed by atoms with Gasteiger partial charge in [0, 0.05) is 11.0 Å². The van der Waals surface area contributed by atoms with Crippen molar-refractivity contribution in [1.29, 1.82) is 0 Å². The predicted molar refractivity (Wildman–Crippen MR) is 84.3 cm³/mol. The number of sulfonamides is 1. The summed E-state index contributed by atoms with van der Waals surface area (Å²) in [6.45, 7) is 5.33. The van der Waals surface area contributed by atoms with Gasteiger partial charge in [0.05, 0.1) is 11.9 Å². The van der Waals surface area contributed by atoms with Crippen molar-refractivity contribution in [3.63, 3.8) is 0 Å². The maximum atomic E-state index is 11.9. The number of anilines is 1. The lowest BCUT2D eigenvalue weighted by molar-refractivity contribution is -0.119. The molecule has 0 radical (unpaired) electrons. The lowest BCUT2D eigenvalue weighted by Crippen LogP contribution is -2.40. The maximum absolute atomic E-state index is 11.9. The number of hydrogen-bond donors (Lipinski definition) is 1. The lowest BCUT2D eigenvalue weighted by atomic mass is 10.2. The van der Waals surface area contributed by atoms with Gasteiger partial charge in [0.15, 0.2) is 0 Å². The summed E-state index contributed by atoms with van der Waals surface area (Å²) >= 11 is 3.32. The SMILES string of the molecule is C=CCNC(=O)CN(c1ccc(Br)cc1C)S(C)(=O)=O. The van der Waals surface area contributed by atoms with E-state index in [-0.39, 0.29) is 12.5 Å². The van der Waals surface area contributed by atoms with Crippen molar-refractivity contribution >= 4 is 37.5 Å². The Bertz CT molecular complexity index is 614. The first-order chi connectivity index (χ1) is 9.25. The van der Waals surface area contributed by atoms with Crippen LogP contribution in [0.25, 0.3) is 0 Å². The van der Waals surface area contributed by atoms with Crippen molar-refractivity contribution in [2.45, 2.75) is 6.92 Å². The first kappa shape index (κ1) is 16.7. The number of nitrogens with one attached hydrogen (secondary N) is 1. The number of nitrogens with zero attached hydrogens (tertiary/aromatic N) is 1. The Labute approximate surface area is 127 Å². The van der Waals surface area contributed by atoms with Crippen LogP contribution in [-0.4, -0.2) is 33.7 Å². The maximum Gasteiger partial charge on any atom is 0.241 e. The summed E-state index contributed by atoms with van der Waals surface area (Å²) in [6, 6.07) is 5.21. The van der Waals surface area contributed by atoms with E-state index in [2.05, 4.69) is 27.8 Å². The Kier molecular flexibility index (Phi) is 5.76. The van der Waals surface area contributed by atoms with Gasteiger partial charge >= 0.3 is 0 Å². The van der Waals surface area contributed by atoms with Gasteiger partial charge in [-0.15, -0.1) is 6.58 Å². The van der Waals surface area contributed by atoms with Crippen molar-refractivity contribution < 1.29 is 13.2 Å². The van der Waals surface area contributed by atoms with E-state index in [1.54, 1.807) is 25.1 Å². The number of hydrogen-bond acceptors (Lipinski definition) is 3. The highest BCUT2D eigenvalue weighted by molar-refractivity contribution is 9.10. The van der Waals surface area contributed by atoms with Crippen LogP contribution in [0.5, 0.6) is 0 Å². The molecule has 20 heavy (non-hydrogen) atoms. The number of amides is 1. The van der Waals surface area contributed by atoms with Crippen molar-refractivity contribution in [2.75, 3.05) is 23.7 Å². The molecular formula is C13H17BrN2O3S. The van der Waals surface area contributed by atoms with Gasteiger partial charge in [0.25, 0.3) is 0 Å². The molecule has 0 aliphatic carbocycles. The Morgan fingerprint density at radius 3 is 2.65 bits per heavy atom. The quantitative estimate of drug-likeness (QED) is 0.786. The van der Waals surface area contributed by atoms with Crippen LogP contribution in [0.15, 0.2) is 35.3 Å². The van der Waals surface area contributed by atoms with Gasteiger partial charge in [-0.05, 0) is 30.7 Å². The number of carbonyl (C=O) groups is 1. The molecule has 0 aromatic heterocycles. The Hall–Kier alpha value is -1.34. The summed E-state index contributed by atoms with van der Waals surface area (Å²) in [5.74, 6) is -0.377. The molecule has 1 rings (SSSR count). The summed E-state index contributed by atoms with van der Waals surface area (Å²) in [5, 5.41) is 2.56. The molecule has 0 aliphatic heterocycles. The summed E-state index contributed by atoms with van der Waals surface area (Å²) in [5.41, 5.74) is 1.26. The van der Waals surface area contributed by atoms with Crippen LogP contribution in [0.1, 0.15) is 5.56 Å². The third-order valence-electron chi connectivity index (χ3n) is 2.56. The number of rotatable bonds is 6. The zero-order valence-corrected chi connectivity index (χ0v) is 13.8. The topological polar surface area (TPSA) is 66.5 Å². The van der Waals surface area contributed by atoms with E-state index in [4.69, 9.17) is 0 Å². The largest absolute Gasteiger partial charge is 0.351 e. The van der Waals surface area contributed by atoms with E-state index >= 15 is 0 Å². The molecule has 0 unspecified atom stereocenters. The molecule has 0 fully saturated rings. The fourth-order valence-corrected chi connectivity index (χ4v) is 3.04. The smallest absolute Gasteiger partial charge is 0.241 e. The summed E-state index contributed by atoms with van der Waals surface area (Å²) in [4.78, 5) is 11.7. The molecule has 0 atom stereocenters. The lowest BCUT2D eigenvalue weighted by Gasteiger charge is -2.23. The highest BCUT2D eigenvalue weighted by atomic mass is 79.9. The van der Waals surface area contributed by atoms with E-state index in [1.165, 1.54) is 6.08 Å². The Morgan fingerprint density at radius 2 is 2.15 bits per heavy atom. The summed E-state index contributed by atoms with van der Waals surface area (Å²) < 4.78 is 25.7. The van der Waals surface area contributed by atoms with Crippen LogP contribution in [-0.2, 0) is 14.8 Å². The Morgan fingerprint density at radius 1 is 1.50 bits per heavy atom. The third-order valence-corrected chi connectivity index (χ3v) is 4.18. The molecule has 0 saturated carbocycles. The Balaban J connectivity index is 3.08. The van der Waals surface area contributed by atoms with Crippen molar-refractivity contribution in [3.05, 3.63) is 40.9 Å². The van der Waals surface area contributed by atoms with Gasteiger partial charge in [-0.25, -0.2) is 8.42 Å². The van der Waals surface area contributed by atoms with Crippen LogP contribution < -0.4 is 9.62 Å². The molecule has 0 aliphatic rings. The van der Waals surface area contributed by atoms with Gasteiger partial charge in [0.1, 0.15) is 6.54 Å². The van der Waals surface area contributed by atoms with E-state index in [9.17, 15) is 13.2 Å². The molecule has 0 bridgehead atoms. The van der Waals surface area contributed by atoms with E-state index < -0.39 is 10.0 Å². The van der Waals surface area contributed by atoms with Gasteiger partial charge in [0.2, 0.25) is 15.9 Å². The molecule has 5 nitrogen and oxygen atoms in total. The average Bonchev–Trinajstić information content (AvgIpc) is 2.33. The highest BCUT2D eigenvalue weighted by Gasteiger charge is 2.22. The highest BCUT2D eigenvalue weighted by Crippen LogP contribution is 2.25. The van der Waals surface area contributed by atoms with Gasteiger partial charge < -0.3 is 5.32 Å². The second-order valence-corrected chi connectivity index (χ2v) is 7.12.